The molecule has 0 spiro atoms. The lowest BCUT2D eigenvalue weighted by molar-refractivity contribution is -0.160. The Morgan fingerprint density at radius 2 is 1.67 bits per heavy atom. The predicted octanol–water partition coefficient (Wildman–Crippen LogP) is 3.89. The van der Waals surface area contributed by atoms with Crippen molar-refractivity contribution in [1.82, 2.24) is 20.7 Å². The van der Waals surface area contributed by atoms with E-state index in [4.69, 9.17) is 18.9 Å². The summed E-state index contributed by atoms with van der Waals surface area (Å²) in [6.45, 7) is 14.7. The maximum Gasteiger partial charge on any atom is 0.302 e. The van der Waals surface area contributed by atoms with Crippen molar-refractivity contribution >= 4 is 29.7 Å². The Hall–Kier alpha value is -5.07. The number of fused-ring (bicyclic) bond motifs is 2. The summed E-state index contributed by atoms with van der Waals surface area (Å²) in [5.74, 6) is -11.2. The highest BCUT2D eigenvalue weighted by atomic mass is 19.1. The van der Waals surface area contributed by atoms with Crippen molar-refractivity contribution < 1.29 is 62.9 Å². The second-order valence-electron chi connectivity index (χ2n) is 16.1. The number of phenols is 1. The fourth-order valence-corrected chi connectivity index (χ4v) is 7.46. The SMILES string of the molecule is CO[C@H]1/C=C/OC(C)(C)Oc2c(F)c(O)c3c(c2C=O)C(=O)/C(=C/NN2CCN(C)CC2)C(=C3O)NC(=O)/C(C)=C\C=C\[C@H](C)[C@H](O)[C@@H](C)[C@@H](O)[C@@H](C)[C@H](OC(C)=O)[C@@H]1C. The number of carbonyl (C=O) groups is 4. The molecule has 330 valence electrons. The van der Waals surface area contributed by atoms with E-state index in [1.54, 1.807) is 38.8 Å². The number of nitrogens with zero attached hydrogens (tertiary/aromatic N) is 2. The zero-order valence-corrected chi connectivity index (χ0v) is 35.8. The van der Waals surface area contributed by atoms with Gasteiger partial charge in [0.05, 0.1) is 52.5 Å². The van der Waals surface area contributed by atoms with Crippen LogP contribution in [0.5, 0.6) is 11.5 Å². The molecule has 1 aliphatic carbocycles. The number of ether oxygens (including phenoxy) is 4. The van der Waals surface area contributed by atoms with Crippen molar-refractivity contribution in [2.24, 2.45) is 23.7 Å². The third kappa shape index (κ3) is 10.6. The van der Waals surface area contributed by atoms with E-state index in [0.717, 1.165) is 0 Å². The number of carbonyl (C=O) groups excluding carboxylic acids is 4. The van der Waals surface area contributed by atoms with Gasteiger partial charge in [-0.3, -0.25) is 19.2 Å². The number of Topliss-reactive ketones (excluding diaryl/α,β-unsaturated/α-hetero) is 1. The van der Waals surface area contributed by atoms with Crippen LogP contribution in [0, 0.1) is 29.5 Å². The zero-order chi connectivity index (χ0) is 44.8. The van der Waals surface area contributed by atoms with Gasteiger partial charge in [0, 0.05) is 89.5 Å². The number of aromatic hydroxyl groups is 1. The summed E-state index contributed by atoms with van der Waals surface area (Å²) in [4.78, 5) is 55.3. The van der Waals surface area contributed by atoms with Crippen molar-refractivity contribution in [1.29, 1.82) is 0 Å². The molecule has 60 heavy (non-hydrogen) atoms. The summed E-state index contributed by atoms with van der Waals surface area (Å²) < 4.78 is 39.3. The fourth-order valence-electron chi connectivity index (χ4n) is 7.46. The van der Waals surface area contributed by atoms with Crippen LogP contribution in [0.25, 0.3) is 5.76 Å². The van der Waals surface area contributed by atoms with Crippen molar-refractivity contribution in [3.05, 3.63) is 76.1 Å². The first-order valence-corrected chi connectivity index (χ1v) is 19.8. The summed E-state index contributed by atoms with van der Waals surface area (Å²) in [6, 6.07) is 0. The predicted molar refractivity (Wildman–Crippen MR) is 219 cm³/mol. The summed E-state index contributed by atoms with van der Waals surface area (Å²) >= 11 is 0. The number of aliphatic hydroxyl groups excluding tert-OH is 3. The number of aliphatic hydroxyl groups is 3. The molecule has 16 nitrogen and oxygen atoms in total. The van der Waals surface area contributed by atoms with Crippen molar-refractivity contribution in [3.8, 4) is 11.5 Å². The third-order valence-electron chi connectivity index (χ3n) is 11.2. The second-order valence-corrected chi connectivity index (χ2v) is 16.1. The lowest BCUT2D eigenvalue weighted by atomic mass is 9.78. The highest BCUT2D eigenvalue weighted by Gasteiger charge is 2.42. The number of nitrogens with one attached hydrogen (secondary N) is 2. The molecule has 8 atom stereocenters. The monoisotopic (exact) mass is 842 g/mol. The molecule has 1 aromatic rings. The van der Waals surface area contributed by atoms with Crippen LogP contribution in [0.1, 0.15) is 81.7 Å². The molecule has 1 amide bonds. The van der Waals surface area contributed by atoms with Crippen LogP contribution < -0.4 is 15.5 Å². The Balaban J connectivity index is 1.91. The van der Waals surface area contributed by atoms with Gasteiger partial charge in [-0.1, -0.05) is 45.9 Å². The van der Waals surface area contributed by atoms with E-state index in [9.17, 15) is 39.6 Å². The van der Waals surface area contributed by atoms with E-state index >= 15 is 4.39 Å². The van der Waals surface area contributed by atoms with Gasteiger partial charge in [-0.2, -0.15) is 4.39 Å². The Morgan fingerprint density at radius 1 is 1.02 bits per heavy atom. The number of hydrogen-bond acceptors (Lipinski definition) is 15. The van der Waals surface area contributed by atoms with E-state index in [1.165, 1.54) is 65.5 Å². The molecule has 0 saturated carbocycles. The Labute approximate surface area is 350 Å². The standard InChI is InChI=1S/C43H59FN4O12/c1-22-12-11-13-23(2)42(56)46-34-28(20-45-48-17-15-47(9)16-18-48)37(53)31-29(21-49)41(33(44)38(54)32(31)39(34)55)60-43(7,8)58-19-14-30(57-10)24(3)40(59-27(6)50)26(5)36(52)25(4)35(22)51/h11-14,19-22,24-26,30,35-36,40,45,51-52,54-55H,15-18H2,1-10H3,(H,46,56)/b12-11+,19-14+,23-13-,28-20+/t22-,24+,25+,26+,30-,35-,36+,40+/m0/s1. The zero-order valence-electron chi connectivity index (χ0n) is 35.8. The van der Waals surface area contributed by atoms with E-state index in [2.05, 4.69) is 15.6 Å². The molecule has 4 heterocycles. The number of likely N-dealkylation sites (N-methyl/N-ethyl adjacent to an activating group) is 1. The normalized spacial score (nSPS) is 31.5. The number of methoxy groups -OCH3 is 1. The first-order valence-electron chi connectivity index (χ1n) is 19.8. The molecule has 6 rings (SSSR count). The average molecular weight is 843 g/mol. The molecule has 6 N–H and O–H groups in total. The quantitative estimate of drug-likeness (QED) is 0.141. The van der Waals surface area contributed by atoms with Gasteiger partial charge in [-0.25, -0.2) is 5.01 Å². The molecule has 1 saturated heterocycles. The number of rotatable bonds is 5. The van der Waals surface area contributed by atoms with Gasteiger partial charge in [0.2, 0.25) is 11.6 Å². The minimum absolute atomic E-state index is 0.0829. The summed E-state index contributed by atoms with van der Waals surface area (Å²) in [5, 5.41) is 50.1. The number of esters is 1. The van der Waals surface area contributed by atoms with Gasteiger partial charge in [0.15, 0.2) is 29.3 Å². The Morgan fingerprint density at radius 3 is 2.27 bits per heavy atom. The number of benzene rings is 1. The number of aldehydes is 1. The molecule has 17 heteroatoms. The van der Waals surface area contributed by atoms with Crippen molar-refractivity contribution in [3.63, 3.8) is 0 Å². The lowest BCUT2D eigenvalue weighted by Crippen LogP contribution is -2.49. The molecular weight excluding hydrogens is 783 g/mol. The van der Waals surface area contributed by atoms with E-state index in [1.807, 2.05) is 7.05 Å². The molecule has 1 aromatic carbocycles. The Kier molecular flexibility index (Phi) is 15.9. The van der Waals surface area contributed by atoms with Crippen LogP contribution in [0.3, 0.4) is 0 Å². The molecule has 1 fully saturated rings. The van der Waals surface area contributed by atoms with E-state index in [-0.39, 0.29) is 17.4 Å². The minimum atomic E-state index is -1.79. The molecule has 5 aliphatic rings. The largest absolute Gasteiger partial charge is 0.505 e. The van der Waals surface area contributed by atoms with Crippen LogP contribution in [-0.4, -0.2) is 125 Å². The van der Waals surface area contributed by atoms with Crippen molar-refractivity contribution in [2.45, 2.75) is 85.6 Å². The van der Waals surface area contributed by atoms with Gasteiger partial charge in [-0.05, 0) is 20.0 Å². The maximum atomic E-state index is 16.2. The molecule has 0 unspecified atom stereocenters. The van der Waals surface area contributed by atoms with Gasteiger partial charge in [0.25, 0.3) is 5.91 Å². The smallest absolute Gasteiger partial charge is 0.302 e. The molecule has 4 bridgehead atoms. The number of ketones is 1. The number of amides is 1. The van der Waals surface area contributed by atoms with Gasteiger partial charge >= 0.3 is 5.97 Å². The number of hydrazine groups is 1. The van der Waals surface area contributed by atoms with Crippen LogP contribution in [-0.2, 0) is 23.8 Å². The molecule has 0 aromatic heterocycles. The molecular formula is C43H59FN4O12. The first kappa shape index (κ1) is 47.6. The minimum Gasteiger partial charge on any atom is -0.505 e. The van der Waals surface area contributed by atoms with Gasteiger partial charge in [0.1, 0.15) is 6.10 Å². The van der Waals surface area contributed by atoms with E-state index < -0.39 is 117 Å². The van der Waals surface area contributed by atoms with Crippen LogP contribution >= 0.6 is 0 Å². The summed E-state index contributed by atoms with van der Waals surface area (Å²) in [5.41, 5.74) is 0.349. The number of hydrogen-bond donors (Lipinski definition) is 6. The number of allylic oxidation sites excluding steroid dienone is 3. The van der Waals surface area contributed by atoms with Crippen LogP contribution in [0.2, 0.25) is 0 Å². The third-order valence-corrected chi connectivity index (χ3v) is 11.2. The lowest BCUT2D eigenvalue weighted by Gasteiger charge is -2.38. The average Bonchev–Trinajstić information content (AvgIpc) is 3.20. The number of halogens is 1. The summed E-state index contributed by atoms with van der Waals surface area (Å²) in [7, 11) is 3.37. The molecule has 0 radical (unpaired) electrons. The second kappa shape index (κ2) is 20.0. The first-order chi connectivity index (χ1) is 28.1. The van der Waals surface area contributed by atoms with Crippen molar-refractivity contribution in [2.75, 3.05) is 40.3 Å². The number of piperazine rings is 1. The topological polar surface area (TPSA) is 217 Å². The highest BCUT2D eigenvalue weighted by Crippen LogP contribution is 2.45. The van der Waals surface area contributed by atoms with Crippen LogP contribution in [0.4, 0.5) is 4.39 Å². The summed E-state index contributed by atoms with van der Waals surface area (Å²) in [6.07, 6.45) is 4.67. The Bertz CT molecular complexity index is 1950. The highest BCUT2D eigenvalue weighted by molar-refractivity contribution is 6.22. The molecule has 4 aliphatic heterocycles. The van der Waals surface area contributed by atoms with Gasteiger partial charge in [-0.15, -0.1) is 0 Å². The van der Waals surface area contributed by atoms with Crippen LogP contribution in [0.15, 0.2) is 53.6 Å². The van der Waals surface area contributed by atoms with Gasteiger partial charge < -0.3 is 55.0 Å². The fraction of sp³-hybridized carbons (Fsp3) is 0.535. The van der Waals surface area contributed by atoms with E-state index in [0.29, 0.717) is 26.2 Å². The maximum absolute atomic E-state index is 16.2. The number of phenolic OH excluding ortho intramolecular Hbond substituents is 1.